The molecular weight excluding hydrogens is 422 g/mol. The lowest BCUT2D eigenvalue weighted by molar-refractivity contribution is 0.234. The summed E-state index contributed by atoms with van der Waals surface area (Å²) in [6, 6.07) is 26.1. The summed E-state index contributed by atoms with van der Waals surface area (Å²) in [5, 5.41) is 31.3. The van der Waals surface area contributed by atoms with Crippen molar-refractivity contribution >= 4 is 10.8 Å². The van der Waals surface area contributed by atoms with E-state index in [9.17, 15) is 15.6 Å². The van der Waals surface area contributed by atoms with E-state index in [1.165, 1.54) is 16.3 Å². The highest BCUT2D eigenvalue weighted by molar-refractivity contribution is 5.85. The Labute approximate surface area is 201 Å². The van der Waals surface area contributed by atoms with Gasteiger partial charge >= 0.3 is 0 Å². The summed E-state index contributed by atoms with van der Waals surface area (Å²) in [5.41, 5.74) is 2.50. The normalized spacial score (nSPS) is 13.4. The monoisotopic (exact) mass is 451 g/mol. The van der Waals surface area contributed by atoms with Gasteiger partial charge in [0.15, 0.2) is 5.57 Å². The number of hydrogen-bond donors (Lipinski definition) is 1. The van der Waals surface area contributed by atoms with Crippen LogP contribution < -0.4 is 0 Å². The van der Waals surface area contributed by atoms with Gasteiger partial charge in [0.2, 0.25) is 0 Å². The minimum Gasteiger partial charge on any atom is -0.508 e. The van der Waals surface area contributed by atoms with Gasteiger partial charge in [0, 0.05) is 39.3 Å². The van der Waals surface area contributed by atoms with Gasteiger partial charge < -0.3 is 14.9 Å². The van der Waals surface area contributed by atoms with Crippen LogP contribution in [0.2, 0.25) is 0 Å². The Balaban J connectivity index is 1.50. The van der Waals surface area contributed by atoms with Crippen LogP contribution in [0.3, 0.4) is 0 Å². The van der Waals surface area contributed by atoms with Gasteiger partial charge in [-0.2, -0.15) is 10.5 Å². The van der Waals surface area contributed by atoms with Gasteiger partial charge in [-0.15, -0.1) is 0 Å². The van der Waals surface area contributed by atoms with Gasteiger partial charge in [-0.1, -0.05) is 61.5 Å². The molecule has 0 spiro atoms. The SMILES string of the molecule is CCN(CCN1CCN(Cc2cccc3ccccc23)C1=C(C#N)C#N)Cc1ccc(O)cc1. The number of aromatic hydroxyl groups is 1. The molecule has 6 nitrogen and oxygen atoms in total. The smallest absolute Gasteiger partial charge is 0.169 e. The molecule has 6 heteroatoms. The Bertz CT molecular complexity index is 1230. The molecule has 0 amide bonds. The summed E-state index contributed by atoms with van der Waals surface area (Å²) >= 11 is 0. The van der Waals surface area contributed by atoms with E-state index in [4.69, 9.17) is 0 Å². The number of hydrogen-bond acceptors (Lipinski definition) is 6. The fraction of sp³-hybridized carbons (Fsp3) is 0.286. The van der Waals surface area contributed by atoms with Crippen LogP contribution in [-0.2, 0) is 13.1 Å². The molecule has 3 aromatic rings. The predicted octanol–water partition coefficient (Wildman–Crippen LogP) is 4.44. The number of phenolic OH excluding ortho intramolecular Hbond substituents is 1. The molecule has 34 heavy (non-hydrogen) atoms. The topological polar surface area (TPSA) is 77.5 Å². The van der Waals surface area contributed by atoms with Crippen molar-refractivity contribution in [2.24, 2.45) is 0 Å². The second kappa shape index (κ2) is 10.7. The standard InChI is InChI=1S/C28H29N5O/c1-2-31(20-22-10-12-26(34)13-11-22)14-15-32-16-17-33(28(32)25(18-29)19-30)21-24-8-5-7-23-6-3-4-9-27(23)24/h3-13,34H,2,14-17,20-21H2,1H3. The van der Waals surface area contributed by atoms with Crippen molar-refractivity contribution in [1.29, 1.82) is 10.5 Å². The van der Waals surface area contributed by atoms with Gasteiger partial charge in [0.25, 0.3) is 0 Å². The number of nitriles is 2. The van der Waals surface area contributed by atoms with Crippen molar-refractivity contribution in [2.75, 3.05) is 32.7 Å². The molecule has 0 radical (unpaired) electrons. The van der Waals surface area contributed by atoms with Gasteiger partial charge in [-0.3, -0.25) is 4.90 Å². The molecule has 0 aliphatic carbocycles. The van der Waals surface area contributed by atoms with Gasteiger partial charge in [0.05, 0.1) is 0 Å². The highest BCUT2D eigenvalue weighted by atomic mass is 16.3. The summed E-state index contributed by atoms with van der Waals surface area (Å²) in [6.07, 6.45) is 0. The van der Waals surface area contributed by atoms with Gasteiger partial charge in [-0.25, -0.2) is 0 Å². The summed E-state index contributed by atoms with van der Waals surface area (Å²) in [7, 11) is 0. The quantitative estimate of drug-likeness (QED) is 0.510. The largest absolute Gasteiger partial charge is 0.508 e. The van der Waals surface area contributed by atoms with Crippen LogP contribution in [0.25, 0.3) is 10.8 Å². The van der Waals surface area contributed by atoms with Crippen molar-refractivity contribution in [1.82, 2.24) is 14.7 Å². The number of phenols is 1. The number of allylic oxidation sites excluding steroid dienone is 1. The van der Waals surface area contributed by atoms with E-state index in [0.717, 1.165) is 50.7 Å². The van der Waals surface area contributed by atoms with Crippen LogP contribution in [0, 0.1) is 22.7 Å². The van der Waals surface area contributed by atoms with E-state index in [2.05, 4.69) is 64.1 Å². The molecule has 0 aromatic heterocycles. The lowest BCUT2D eigenvalue weighted by atomic mass is 10.0. The molecule has 172 valence electrons. The molecular formula is C28H29N5O. The first-order valence-electron chi connectivity index (χ1n) is 11.6. The third-order valence-corrected chi connectivity index (χ3v) is 6.40. The zero-order valence-corrected chi connectivity index (χ0v) is 19.5. The van der Waals surface area contributed by atoms with Crippen molar-refractivity contribution in [3.63, 3.8) is 0 Å². The second-order valence-corrected chi connectivity index (χ2v) is 8.50. The Kier molecular flexibility index (Phi) is 7.32. The molecule has 1 saturated heterocycles. The first-order chi connectivity index (χ1) is 16.6. The van der Waals surface area contributed by atoms with E-state index < -0.39 is 0 Å². The number of fused-ring (bicyclic) bond motifs is 1. The fourth-order valence-corrected chi connectivity index (χ4v) is 4.57. The first-order valence-corrected chi connectivity index (χ1v) is 11.6. The maximum atomic E-state index is 9.69. The van der Waals surface area contributed by atoms with Crippen molar-refractivity contribution in [3.05, 3.63) is 89.3 Å². The molecule has 4 rings (SSSR count). The zero-order chi connectivity index (χ0) is 23.9. The lowest BCUT2D eigenvalue weighted by Gasteiger charge is -2.28. The third kappa shape index (κ3) is 5.14. The third-order valence-electron chi connectivity index (χ3n) is 6.40. The summed E-state index contributed by atoms with van der Waals surface area (Å²) in [5.74, 6) is 1.00. The molecule has 0 atom stereocenters. The number of benzene rings is 3. The Hall–Kier alpha value is -4.00. The van der Waals surface area contributed by atoms with Crippen LogP contribution in [0.5, 0.6) is 5.75 Å². The van der Waals surface area contributed by atoms with Crippen LogP contribution in [0.1, 0.15) is 18.1 Å². The number of nitrogens with zero attached hydrogens (tertiary/aromatic N) is 5. The minimum absolute atomic E-state index is 0.166. The first kappa shape index (κ1) is 23.2. The highest BCUT2D eigenvalue weighted by Gasteiger charge is 2.29. The van der Waals surface area contributed by atoms with E-state index in [1.54, 1.807) is 12.1 Å². The van der Waals surface area contributed by atoms with Gasteiger partial charge in [0.1, 0.15) is 23.7 Å². The van der Waals surface area contributed by atoms with Crippen molar-refractivity contribution < 1.29 is 5.11 Å². The molecule has 1 fully saturated rings. The fourth-order valence-electron chi connectivity index (χ4n) is 4.57. The number of rotatable bonds is 8. The zero-order valence-electron chi connectivity index (χ0n) is 19.5. The highest BCUT2D eigenvalue weighted by Crippen LogP contribution is 2.27. The van der Waals surface area contributed by atoms with Crippen molar-refractivity contribution in [3.8, 4) is 17.9 Å². The van der Waals surface area contributed by atoms with E-state index in [0.29, 0.717) is 6.54 Å². The Morgan fingerprint density at radius 1 is 0.941 bits per heavy atom. The van der Waals surface area contributed by atoms with Gasteiger partial charge in [-0.05, 0) is 40.6 Å². The summed E-state index contributed by atoms with van der Waals surface area (Å²) in [6.45, 7) is 7.56. The molecule has 1 N–H and O–H groups in total. The Morgan fingerprint density at radius 3 is 2.38 bits per heavy atom. The average molecular weight is 452 g/mol. The summed E-state index contributed by atoms with van der Waals surface area (Å²) < 4.78 is 0. The summed E-state index contributed by atoms with van der Waals surface area (Å²) in [4.78, 5) is 6.67. The molecule has 1 aliphatic rings. The lowest BCUT2D eigenvalue weighted by Crippen LogP contribution is -2.34. The molecule has 3 aromatic carbocycles. The maximum Gasteiger partial charge on any atom is 0.169 e. The maximum absolute atomic E-state index is 9.69. The van der Waals surface area contributed by atoms with Crippen molar-refractivity contribution in [2.45, 2.75) is 20.0 Å². The minimum atomic E-state index is 0.166. The van der Waals surface area contributed by atoms with Crippen LogP contribution in [-0.4, -0.2) is 52.5 Å². The van der Waals surface area contributed by atoms with E-state index >= 15 is 0 Å². The molecule has 1 aliphatic heterocycles. The Morgan fingerprint density at radius 2 is 1.65 bits per heavy atom. The molecule has 0 saturated carbocycles. The van der Waals surface area contributed by atoms with Crippen LogP contribution in [0.4, 0.5) is 0 Å². The van der Waals surface area contributed by atoms with E-state index in [-0.39, 0.29) is 11.3 Å². The van der Waals surface area contributed by atoms with Crippen LogP contribution >= 0.6 is 0 Å². The second-order valence-electron chi connectivity index (χ2n) is 8.50. The number of likely N-dealkylation sites (N-methyl/N-ethyl adjacent to an activating group) is 1. The van der Waals surface area contributed by atoms with E-state index in [1.807, 2.05) is 24.3 Å². The molecule has 0 unspecified atom stereocenters. The average Bonchev–Trinajstić information content (AvgIpc) is 3.26. The molecule has 0 bridgehead atoms. The molecule has 1 heterocycles. The van der Waals surface area contributed by atoms with Crippen LogP contribution in [0.15, 0.2) is 78.1 Å². The predicted molar refractivity (Wildman–Crippen MR) is 133 cm³/mol.